The van der Waals surface area contributed by atoms with Gasteiger partial charge >= 0.3 is 0 Å². The smallest absolute Gasteiger partial charge is 0.293 e. The van der Waals surface area contributed by atoms with E-state index in [4.69, 9.17) is 11.6 Å². The van der Waals surface area contributed by atoms with Gasteiger partial charge < -0.3 is 19.5 Å². The van der Waals surface area contributed by atoms with Crippen molar-refractivity contribution in [2.75, 3.05) is 33.2 Å². The van der Waals surface area contributed by atoms with Crippen LogP contribution in [0.4, 0.5) is 0 Å². The number of halogens is 1. The Morgan fingerprint density at radius 3 is 2.33 bits per heavy atom. The zero-order chi connectivity index (χ0) is 31.1. The van der Waals surface area contributed by atoms with Gasteiger partial charge in [-0.15, -0.1) is 25.7 Å². The Bertz CT molecular complexity index is 1340. The molecule has 1 N–H and O–H groups in total. The summed E-state index contributed by atoms with van der Waals surface area (Å²) in [6.07, 6.45) is 26.8. The van der Waals surface area contributed by atoms with E-state index in [0.29, 0.717) is 6.47 Å². The zero-order valence-electron chi connectivity index (χ0n) is 25.1. The second-order valence-electron chi connectivity index (χ2n) is 10.5. The SMILES string of the molecule is C#C.C#C.CC1(OC=O)CC1.CN1CCNCC1.C[C@H](C1=Cc2cccnc2Cc2ccc(Cl)cc21)c1cncn1C. The fourth-order valence-electron chi connectivity index (χ4n) is 4.62. The van der Waals surface area contributed by atoms with Crippen LogP contribution in [0.25, 0.3) is 11.6 Å². The number of rotatable bonds is 4. The van der Waals surface area contributed by atoms with E-state index < -0.39 is 0 Å². The zero-order valence-corrected chi connectivity index (χ0v) is 25.8. The van der Waals surface area contributed by atoms with Crippen molar-refractivity contribution in [1.29, 1.82) is 0 Å². The molecule has 1 saturated carbocycles. The highest BCUT2D eigenvalue weighted by molar-refractivity contribution is 6.30. The molecule has 0 unspecified atom stereocenters. The number of imidazole rings is 1. The van der Waals surface area contributed by atoms with Crippen LogP contribution in [-0.4, -0.2) is 64.7 Å². The lowest BCUT2D eigenvalue weighted by Gasteiger charge is -2.21. The second kappa shape index (κ2) is 17.2. The van der Waals surface area contributed by atoms with Crippen LogP contribution in [0.3, 0.4) is 0 Å². The first-order valence-electron chi connectivity index (χ1n) is 13.9. The third-order valence-electron chi connectivity index (χ3n) is 7.37. The molecule has 1 aromatic carbocycles. The van der Waals surface area contributed by atoms with Crippen molar-refractivity contribution in [2.24, 2.45) is 7.05 Å². The number of carbonyl (C=O) groups is 1. The molecule has 0 amide bonds. The largest absolute Gasteiger partial charge is 0.462 e. The van der Waals surface area contributed by atoms with Crippen LogP contribution in [-0.2, 0) is 23.0 Å². The van der Waals surface area contributed by atoms with Crippen LogP contribution < -0.4 is 5.32 Å². The van der Waals surface area contributed by atoms with Crippen molar-refractivity contribution >= 4 is 29.7 Å². The first-order chi connectivity index (χ1) is 20.3. The van der Waals surface area contributed by atoms with Crippen molar-refractivity contribution in [2.45, 2.75) is 44.6 Å². The summed E-state index contributed by atoms with van der Waals surface area (Å²) >= 11 is 6.31. The molecule has 0 radical (unpaired) electrons. The van der Waals surface area contributed by atoms with Crippen LogP contribution in [0.15, 0.2) is 49.1 Å². The number of ether oxygens (including phenoxy) is 1. The molecule has 6 rings (SSSR count). The van der Waals surface area contributed by atoms with E-state index in [-0.39, 0.29) is 11.5 Å². The number of hydrogen-bond donors (Lipinski definition) is 1. The number of aromatic nitrogens is 3. The number of pyridine rings is 1. The Morgan fingerprint density at radius 2 is 1.81 bits per heavy atom. The van der Waals surface area contributed by atoms with Gasteiger partial charge in [-0.1, -0.05) is 30.7 Å². The molecule has 3 heterocycles. The summed E-state index contributed by atoms with van der Waals surface area (Å²) in [7, 11) is 4.19. The highest BCUT2D eigenvalue weighted by atomic mass is 35.5. The Balaban J connectivity index is 0.000000279. The molecule has 3 aromatic rings. The Morgan fingerprint density at radius 1 is 1.12 bits per heavy atom. The normalized spacial score (nSPS) is 16.5. The number of terminal acetylenes is 2. The summed E-state index contributed by atoms with van der Waals surface area (Å²) in [6, 6.07) is 10.3. The summed E-state index contributed by atoms with van der Waals surface area (Å²) in [5, 5.41) is 4.03. The van der Waals surface area contributed by atoms with Crippen LogP contribution in [0.1, 0.15) is 60.7 Å². The molecule has 3 aliphatic rings. The first kappa shape index (κ1) is 34.3. The van der Waals surface area contributed by atoms with Gasteiger partial charge in [0.25, 0.3) is 6.47 Å². The van der Waals surface area contributed by atoms with E-state index in [1.54, 1.807) is 0 Å². The van der Waals surface area contributed by atoms with Gasteiger partial charge in [0.2, 0.25) is 0 Å². The number of piperazine rings is 1. The number of hydrogen-bond acceptors (Lipinski definition) is 6. The summed E-state index contributed by atoms with van der Waals surface area (Å²) in [6.45, 7) is 9.41. The van der Waals surface area contributed by atoms with Crippen LogP contribution >= 0.6 is 11.6 Å². The fourth-order valence-corrected chi connectivity index (χ4v) is 4.79. The predicted molar refractivity (Wildman–Crippen MR) is 173 cm³/mol. The lowest BCUT2D eigenvalue weighted by Crippen LogP contribution is -2.40. The number of nitrogens with zero attached hydrogens (tertiary/aromatic N) is 4. The number of likely N-dealkylation sites (N-methyl/N-ethyl adjacent to an activating group) is 1. The van der Waals surface area contributed by atoms with Crippen molar-refractivity contribution in [3.8, 4) is 25.7 Å². The summed E-state index contributed by atoms with van der Waals surface area (Å²) in [5.41, 5.74) is 7.11. The topological polar surface area (TPSA) is 72.3 Å². The summed E-state index contributed by atoms with van der Waals surface area (Å²) in [4.78, 5) is 20.8. The molecule has 1 saturated heterocycles. The maximum absolute atomic E-state index is 9.64. The highest BCUT2D eigenvalue weighted by Crippen LogP contribution is 2.39. The maximum atomic E-state index is 9.64. The van der Waals surface area contributed by atoms with Crippen molar-refractivity contribution < 1.29 is 9.53 Å². The Hall–Kier alpha value is -3.88. The number of carbonyl (C=O) groups excluding carboxylic acids is 1. The van der Waals surface area contributed by atoms with Gasteiger partial charge in [-0.3, -0.25) is 9.78 Å². The number of allylic oxidation sites excluding steroid dienone is 1. The lowest BCUT2D eigenvalue weighted by molar-refractivity contribution is -0.134. The minimum absolute atomic E-state index is 0.0677. The molecule has 222 valence electrons. The van der Waals surface area contributed by atoms with Crippen molar-refractivity contribution in [3.63, 3.8) is 0 Å². The highest BCUT2D eigenvalue weighted by Gasteiger charge is 2.39. The maximum Gasteiger partial charge on any atom is 0.293 e. The van der Waals surface area contributed by atoms with Gasteiger partial charge in [0.05, 0.1) is 12.0 Å². The molecule has 0 spiro atoms. The molecule has 0 bridgehead atoms. The predicted octanol–water partition coefficient (Wildman–Crippen LogP) is 5.45. The third kappa shape index (κ3) is 9.89. The number of benzene rings is 1. The molecule has 1 aliphatic heterocycles. The monoisotopic (exact) mass is 587 g/mol. The van der Waals surface area contributed by atoms with Crippen LogP contribution in [0, 0.1) is 25.7 Å². The number of fused-ring (bicyclic) bond motifs is 2. The Kier molecular flexibility index (Phi) is 14.0. The molecule has 1 atom stereocenters. The molecular weight excluding hydrogens is 546 g/mol. The van der Waals surface area contributed by atoms with E-state index in [1.807, 2.05) is 44.8 Å². The average molecular weight is 588 g/mol. The van der Waals surface area contributed by atoms with Gasteiger partial charge in [-0.2, -0.15) is 0 Å². The van der Waals surface area contributed by atoms with Gasteiger partial charge in [-0.25, -0.2) is 4.98 Å². The number of aryl methyl sites for hydroxylation is 1. The minimum Gasteiger partial charge on any atom is -0.462 e. The third-order valence-corrected chi connectivity index (χ3v) is 7.60. The van der Waals surface area contributed by atoms with Gasteiger partial charge in [-0.05, 0) is 73.4 Å². The quantitative estimate of drug-likeness (QED) is 0.323. The van der Waals surface area contributed by atoms with Crippen molar-refractivity contribution in [1.82, 2.24) is 24.8 Å². The molecule has 2 fully saturated rings. The summed E-state index contributed by atoms with van der Waals surface area (Å²) in [5.74, 6) is 0.209. The minimum atomic E-state index is -0.0677. The van der Waals surface area contributed by atoms with E-state index in [2.05, 4.69) is 93.4 Å². The van der Waals surface area contributed by atoms with E-state index in [0.717, 1.165) is 43.1 Å². The second-order valence-corrected chi connectivity index (χ2v) is 10.9. The van der Waals surface area contributed by atoms with Gasteiger partial charge in [0, 0.05) is 68.7 Å². The van der Waals surface area contributed by atoms with E-state index in [1.165, 1.54) is 41.0 Å². The number of nitrogens with one attached hydrogen (secondary N) is 1. The lowest BCUT2D eigenvalue weighted by atomic mass is 9.88. The van der Waals surface area contributed by atoms with E-state index >= 15 is 0 Å². The molecule has 8 heteroatoms. The van der Waals surface area contributed by atoms with Crippen LogP contribution in [0.5, 0.6) is 0 Å². The molecule has 42 heavy (non-hydrogen) atoms. The molecular formula is C34H42ClN5O2. The average Bonchev–Trinajstić information content (AvgIpc) is 3.63. The van der Waals surface area contributed by atoms with Gasteiger partial charge in [0.15, 0.2) is 0 Å². The van der Waals surface area contributed by atoms with Crippen LogP contribution in [0.2, 0.25) is 5.02 Å². The Labute approximate surface area is 256 Å². The first-order valence-corrected chi connectivity index (χ1v) is 14.3. The molecule has 7 nitrogen and oxygen atoms in total. The fraction of sp³-hybridized carbons (Fsp3) is 0.382. The molecule has 2 aromatic heterocycles. The molecule has 2 aliphatic carbocycles. The standard InChI is InChI=1S/C20H18ClN3.C5H12N2.C5H8O2.2C2H2/c1-13(20-11-22-12-24(20)2)17-8-15-4-3-7-23-19(15)9-14-5-6-16(21)10-18(14)17;1-7-4-2-6-3-5-7;1-5(2-3-5)7-4-6;2*1-2/h3-8,10-13H,9H2,1-2H3;6H,2-5H2,1H3;4H,2-3H2,1H3;2*1-2H/t13-;;;;/m1..../s1. The van der Waals surface area contributed by atoms with Crippen molar-refractivity contribution in [3.05, 3.63) is 82.2 Å². The van der Waals surface area contributed by atoms with E-state index in [9.17, 15) is 4.79 Å². The van der Waals surface area contributed by atoms with Gasteiger partial charge in [0.1, 0.15) is 5.60 Å². The summed E-state index contributed by atoms with van der Waals surface area (Å²) < 4.78 is 6.73.